The Morgan fingerprint density at radius 1 is 1.18 bits per heavy atom. The van der Waals surface area contributed by atoms with Gasteiger partial charge in [0.1, 0.15) is 0 Å². The molecule has 3 heteroatoms. The fourth-order valence-corrected chi connectivity index (χ4v) is 4.39. The molecule has 0 saturated heterocycles. The van der Waals surface area contributed by atoms with E-state index in [0.717, 1.165) is 0 Å². The van der Waals surface area contributed by atoms with Gasteiger partial charge >= 0.3 is 0 Å². The zero-order valence-corrected chi connectivity index (χ0v) is 12.7. The van der Waals surface area contributed by atoms with Crippen LogP contribution in [0.2, 0.25) is 18.1 Å². The lowest BCUT2D eigenvalue weighted by Gasteiger charge is -2.38. The maximum Gasteiger partial charge on any atom is 0.0868 e. The van der Waals surface area contributed by atoms with Gasteiger partial charge in [0.2, 0.25) is 0 Å². The lowest BCUT2D eigenvalue weighted by molar-refractivity contribution is 0.730. The fourth-order valence-electron chi connectivity index (χ4n) is 2.12. The van der Waals surface area contributed by atoms with Crippen molar-refractivity contribution in [2.24, 2.45) is 0 Å². The van der Waals surface area contributed by atoms with Gasteiger partial charge in [0, 0.05) is 5.39 Å². The molecule has 0 bridgehead atoms. The van der Waals surface area contributed by atoms with E-state index in [2.05, 4.69) is 63.1 Å². The summed E-state index contributed by atoms with van der Waals surface area (Å²) in [5, 5.41) is 10.5. The number of nitrogens with one attached hydrogen (secondary N) is 1. The summed E-state index contributed by atoms with van der Waals surface area (Å²) in [6, 6.07) is 4.54. The minimum Gasteiger partial charge on any atom is -0.278 e. The first-order chi connectivity index (χ1) is 7.73. The van der Waals surface area contributed by atoms with Gasteiger partial charge in [-0.2, -0.15) is 5.10 Å². The molecule has 0 spiro atoms. The van der Waals surface area contributed by atoms with Crippen molar-refractivity contribution in [2.75, 3.05) is 0 Å². The molecular weight excluding hydrogens is 224 g/mol. The molecule has 0 unspecified atom stereocenters. The molecule has 0 aliphatic heterocycles. The average Bonchev–Trinajstić information content (AvgIpc) is 2.61. The van der Waals surface area contributed by atoms with Crippen LogP contribution in [-0.2, 0) is 0 Å². The molecule has 0 aliphatic rings. The Balaban J connectivity index is 2.74. The van der Waals surface area contributed by atoms with Crippen LogP contribution < -0.4 is 5.19 Å². The third-order valence-corrected chi connectivity index (χ3v) is 9.76. The van der Waals surface area contributed by atoms with Crippen LogP contribution >= 0.6 is 0 Å². The van der Waals surface area contributed by atoms with Crippen molar-refractivity contribution in [3.05, 3.63) is 23.9 Å². The minimum absolute atomic E-state index is 0.352. The van der Waals surface area contributed by atoms with Gasteiger partial charge in [-0.15, -0.1) is 0 Å². The normalized spacial score (nSPS) is 13.3. The van der Waals surface area contributed by atoms with Crippen LogP contribution in [0, 0.1) is 6.92 Å². The van der Waals surface area contributed by atoms with Crippen molar-refractivity contribution < 1.29 is 0 Å². The number of aromatic amines is 1. The SMILES string of the molecule is Cc1cc([Si](C)(C)C(C)(C)C)c2cn[nH]c2c1. The number of aromatic nitrogens is 2. The molecule has 1 aromatic heterocycles. The van der Waals surface area contributed by atoms with E-state index in [9.17, 15) is 0 Å². The van der Waals surface area contributed by atoms with Gasteiger partial charge in [-0.1, -0.05) is 39.9 Å². The van der Waals surface area contributed by atoms with E-state index in [1.807, 2.05) is 6.20 Å². The predicted octanol–water partition coefficient (Wildman–Crippen LogP) is 3.59. The Morgan fingerprint density at radius 2 is 1.82 bits per heavy atom. The maximum absolute atomic E-state index is 4.20. The Kier molecular flexibility index (Phi) is 2.69. The maximum atomic E-state index is 4.20. The lowest BCUT2D eigenvalue weighted by Crippen LogP contribution is -2.49. The van der Waals surface area contributed by atoms with E-state index in [1.165, 1.54) is 21.7 Å². The molecule has 2 nitrogen and oxygen atoms in total. The highest BCUT2D eigenvalue weighted by atomic mass is 28.3. The van der Waals surface area contributed by atoms with Crippen molar-refractivity contribution in [1.82, 2.24) is 10.2 Å². The Morgan fingerprint density at radius 3 is 2.41 bits per heavy atom. The summed E-state index contributed by atoms with van der Waals surface area (Å²) < 4.78 is 0. The summed E-state index contributed by atoms with van der Waals surface area (Å²) in [7, 11) is -1.50. The molecule has 17 heavy (non-hydrogen) atoms. The van der Waals surface area contributed by atoms with Gasteiger partial charge in [0.25, 0.3) is 0 Å². The number of aryl methyl sites for hydroxylation is 1. The van der Waals surface area contributed by atoms with Gasteiger partial charge in [0.05, 0.1) is 19.8 Å². The molecule has 2 aromatic rings. The summed E-state index contributed by atoms with van der Waals surface area (Å²) in [6.45, 7) is 14.1. The Bertz CT molecular complexity index is 547. The van der Waals surface area contributed by atoms with E-state index < -0.39 is 8.07 Å². The standard InChI is InChI=1S/C14H22N2Si/c1-10-7-12-11(9-15-16-12)13(8-10)17(5,6)14(2,3)4/h7-9H,1-6H3,(H,15,16). The number of benzene rings is 1. The van der Waals surface area contributed by atoms with Crippen LogP contribution in [0.25, 0.3) is 10.9 Å². The average molecular weight is 246 g/mol. The number of hydrogen-bond donors (Lipinski definition) is 1. The second-order valence-electron chi connectivity index (χ2n) is 6.52. The number of hydrogen-bond acceptors (Lipinski definition) is 1. The number of H-pyrrole nitrogens is 1. The molecule has 1 aromatic carbocycles. The second kappa shape index (κ2) is 3.70. The van der Waals surface area contributed by atoms with Crippen LogP contribution in [0.5, 0.6) is 0 Å². The highest BCUT2D eigenvalue weighted by Crippen LogP contribution is 2.36. The highest BCUT2D eigenvalue weighted by molar-refractivity contribution is 6.93. The molecule has 0 fully saturated rings. The van der Waals surface area contributed by atoms with Crippen LogP contribution in [0.4, 0.5) is 0 Å². The van der Waals surface area contributed by atoms with Crippen molar-refractivity contribution in [2.45, 2.75) is 45.8 Å². The summed E-state index contributed by atoms with van der Waals surface area (Å²) in [6.07, 6.45) is 1.98. The van der Waals surface area contributed by atoms with Crippen LogP contribution in [0.3, 0.4) is 0 Å². The van der Waals surface area contributed by atoms with E-state index in [4.69, 9.17) is 0 Å². The largest absolute Gasteiger partial charge is 0.278 e. The van der Waals surface area contributed by atoms with Crippen LogP contribution in [0.15, 0.2) is 18.3 Å². The minimum atomic E-state index is -1.50. The van der Waals surface area contributed by atoms with Crippen molar-refractivity contribution >= 4 is 24.2 Å². The van der Waals surface area contributed by atoms with Gasteiger partial charge in [-0.25, -0.2) is 0 Å². The number of nitrogens with zero attached hydrogens (tertiary/aromatic N) is 1. The molecule has 2 rings (SSSR count). The van der Waals surface area contributed by atoms with E-state index >= 15 is 0 Å². The van der Waals surface area contributed by atoms with Gasteiger partial charge in [-0.05, 0) is 28.8 Å². The summed E-state index contributed by atoms with van der Waals surface area (Å²) in [4.78, 5) is 0. The summed E-state index contributed by atoms with van der Waals surface area (Å²) >= 11 is 0. The van der Waals surface area contributed by atoms with E-state index in [-0.39, 0.29) is 0 Å². The summed E-state index contributed by atoms with van der Waals surface area (Å²) in [5.74, 6) is 0. The molecule has 0 saturated carbocycles. The van der Waals surface area contributed by atoms with Gasteiger partial charge < -0.3 is 0 Å². The third kappa shape index (κ3) is 1.93. The molecule has 1 N–H and O–H groups in total. The second-order valence-corrected chi connectivity index (χ2v) is 11.8. The van der Waals surface area contributed by atoms with Crippen LogP contribution in [-0.4, -0.2) is 18.3 Å². The van der Waals surface area contributed by atoms with Crippen molar-refractivity contribution in [3.63, 3.8) is 0 Å². The first-order valence-electron chi connectivity index (χ1n) is 6.18. The monoisotopic (exact) mass is 246 g/mol. The third-order valence-electron chi connectivity index (χ3n) is 4.25. The fraction of sp³-hybridized carbons (Fsp3) is 0.500. The van der Waals surface area contributed by atoms with E-state index in [1.54, 1.807) is 0 Å². The number of rotatable bonds is 1. The van der Waals surface area contributed by atoms with Crippen LogP contribution in [0.1, 0.15) is 26.3 Å². The lowest BCUT2D eigenvalue weighted by atomic mass is 10.2. The first-order valence-corrected chi connectivity index (χ1v) is 9.18. The molecule has 0 amide bonds. The molecule has 0 radical (unpaired) electrons. The predicted molar refractivity (Wildman–Crippen MR) is 77.7 cm³/mol. The summed E-state index contributed by atoms with van der Waals surface area (Å²) in [5.41, 5.74) is 2.49. The first kappa shape index (κ1) is 12.4. The Hall–Kier alpha value is -1.09. The van der Waals surface area contributed by atoms with E-state index in [0.29, 0.717) is 5.04 Å². The quantitative estimate of drug-likeness (QED) is 0.765. The molecular formula is C14H22N2Si. The topological polar surface area (TPSA) is 28.7 Å². The van der Waals surface area contributed by atoms with Crippen molar-refractivity contribution in [3.8, 4) is 0 Å². The molecule has 0 atom stereocenters. The zero-order chi connectivity index (χ0) is 12.8. The van der Waals surface area contributed by atoms with Gasteiger partial charge in [-0.3, -0.25) is 5.10 Å². The van der Waals surface area contributed by atoms with Crippen molar-refractivity contribution in [1.29, 1.82) is 0 Å². The highest BCUT2D eigenvalue weighted by Gasteiger charge is 2.38. The van der Waals surface area contributed by atoms with Gasteiger partial charge in [0.15, 0.2) is 0 Å². The zero-order valence-electron chi connectivity index (χ0n) is 11.7. The smallest absolute Gasteiger partial charge is 0.0868 e. The molecule has 0 aliphatic carbocycles. The molecule has 92 valence electrons. The number of fused-ring (bicyclic) bond motifs is 1. The molecule has 1 heterocycles. The Labute approximate surface area is 104 Å².